The summed E-state index contributed by atoms with van der Waals surface area (Å²) in [6, 6.07) is 14.2. The Kier molecular flexibility index (Phi) is 4.05. The molecule has 2 amide bonds. The second-order valence-corrected chi connectivity index (χ2v) is 5.19. The van der Waals surface area contributed by atoms with E-state index < -0.39 is 0 Å². The summed E-state index contributed by atoms with van der Waals surface area (Å²) >= 11 is 0. The number of anilines is 1. The number of urea groups is 1. The van der Waals surface area contributed by atoms with Gasteiger partial charge in [0.15, 0.2) is 0 Å². The summed E-state index contributed by atoms with van der Waals surface area (Å²) in [4.78, 5) is 30.4. The predicted molar refractivity (Wildman–Crippen MR) is 89.4 cm³/mol. The zero-order valence-electron chi connectivity index (χ0n) is 12.5. The average Bonchev–Trinajstić information content (AvgIpc) is 2.56. The van der Waals surface area contributed by atoms with Crippen molar-refractivity contribution in [3.63, 3.8) is 0 Å². The number of hydrogen-bond donors (Lipinski definition) is 3. The van der Waals surface area contributed by atoms with Crippen molar-refractivity contribution >= 4 is 22.6 Å². The molecule has 1 aromatic heterocycles. The van der Waals surface area contributed by atoms with E-state index >= 15 is 0 Å². The molecule has 0 aliphatic heterocycles. The molecule has 0 bridgehead atoms. The Balaban J connectivity index is 1.73. The van der Waals surface area contributed by atoms with Crippen LogP contribution in [0.1, 0.15) is 18.5 Å². The standard InChI is InChI=1S/C17H16N4O2/c1-11(12-5-3-2-4-6-12)20-17(23)21-13-7-8-15-14(9-13)16(22)19-10-18-15/h2-11H,1H3,(H,18,19,22)(H2,20,21,23)/t11-/m1/s1. The van der Waals surface area contributed by atoms with Gasteiger partial charge in [-0.15, -0.1) is 0 Å². The molecule has 2 aromatic carbocycles. The molecule has 0 saturated heterocycles. The van der Waals surface area contributed by atoms with Gasteiger partial charge in [0.05, 0.1) is 23.3 Å². The number of amides is 2. The van der Waals surface area contributed by atoms with Crippen LogP contribution >= 0.6 is 0 Å². The summed E-state index contributed by atoms with van der Waals surface area (Å²) < 4.78 is 0. The molecule has 0 aliphatic carbocycles. The molecule has 1 heterocycles. The fraction of sp³-hybridized carbons (Fsp3) is 0.118. The average molecular weight is 308 g/mol. The van der Waals surface area contributed by atoms with E-state index in [1.807, 2.05) is 37.3 Å². The third-order valence-electron chi connectivity index (χ3n) is 3.55. The second-order valence-electron chi connectivity index (χ2n) is 5.19. The van der Waals surface area contributed by atoms with Crippen molar-refractivity contribution in [3.05, 3.63) is 70.8 Å². The molecule has 0 unspecified atom stereocenters. The highest BCUT2D eigenvalue weighted by molar-refractivity contribution is 5.92. The summed E-state index contributed by atoms with van der Waals surface area (Å²) in [5.41, 5.74) is 1.89. The smallest absolute Gasteiger partial charge is 0.319 e. The number of nitrogens with zero attached hydrogens (tertiary/aromatic N) is 1. The number of nitrogens with one attached hydrogen (secondary N) is 3. The number of carbonyl (C=O) groups is 1. The van der Waals surface area contributed by atoms with Gasteiger partial charge in [-0.1, -0.05) is 30.3 Å². The van der Waals surface area contributed by atoms with Gasteiger partial charge in [-0.05, 0) is 30.7 Å². The van der Waals surface area contributed by atoms with E-state index in [0.717, 1.165) is 5.56 Å². The van der Waals surface area contributed by atoms with Gasteiger partial charge in [-0.3, -0.25) is 4.79 Å². The van der Waals surface area contributed by atoms with E-state index in [1.54, 1.807) is 18.2 Å². The molecule has 3 aromatic rings. The van der Waals surface area contributed by atoms with E-state index in [-0.39, 0.29) is 17.6 Å². The first-order chi connectivity index (χ1) is 11.1. The molecule has 0 fully saturated rings. The van der Waals surface area contributed by atoms with E-state index in [9.17, 15) is 9.59 Å². The molecule has 23 heavy (non-hydrogen) atoms. The lowest BCUT2D eigenvalue weighted by molar-refractivity contribution is 0.249. The van der Waals surface area contributed by atoms with Crippen LogP contribution in [-0.4, -0.2) is 16.0 Å². The molecule has 0 radical (unpaired) electrons. The maximum atomic E-state index is 12.1. The molecule has 6 nitrogen and oxygen atoms in total. The van der Waals surface area contributed by atoms with Crippen molar-refractivity contribution in [2.45, 2.75) is 13.0 Å². The molecule has 3 N–H and O–H groups in total. The number of aromatic nitrogens is 2. The Labute approximate surface area is 132 Å². The third-order valence-corrected chi connectivity index (χ3v) is 3.55. The minimum Gasteiger partial charge on any atom is -0.331 e. The van der Waals surface area contributed by atoms with Gasteiger partial charge in [-0.25, -0.2) is 9.78 Å². The van der Waals surface area contributed by atoms with Gasteiger partial charge < -0.3 is 15.6 Å². The molecule has 0 spiro atoms. The van der Waals surface area contributed by atoms with Crippen LogP contribution < -0.4 is 16.2 Å². The van der Waals surface area contributed by atoms with Crippen molar-refractivity contribution in [2.24, 2.45) is 0 Å². The van der Waals surface area contributed by atoms with Crippen LogP contribution in [0.4, 0.5) is 10.5 Å². The van der Waals surface area contributed by atoms with Crippen LogP contribution in [0.25, 0.3) is 10.9 Å². The Morgan fingerprint density at radius 1 is 1.17 bits per heavy atom. The highest BCUT2D eigenvalue weighted by Crippen LogP contribution is 2.15. The Hall–Kier alpha value is -3.15. The monoisotopic (exact) mass is 308 g/mol. The Bertz CT molecular complexity index is 890. The fourth-order valence-electron chi connectivity index (χ4n) is 2.34. The lowest BCUT2D eigenvalue weighted by Crippen LogP contribution is -2.31. The minimum absolute atomic E-state index is 0.123. The first-order valence-electron chi connectivity index (χ1n) is 7.23. The molecular formula is C17H16N4O2. The number of rotatable bonds is 3. The van der Waals surface area contributed by atoms with Crippen LogP contribution in [-0.2, 0) is 0 Å². The van der Waals surface area contributed by atoms with Crippen molar-refractivity contribution in [1.82, 2.24) is 15.3 Å². The molecule has 3 rings (SSSR count). The number of benzene rings is 2. The number of hydrogen-bond acceptors (Lipinski definition) is 3. The highest BCUT2D eigenvalue weighted by Gasteiger charge is 2.10. The van der Waals surface area contributed by atoms with Crippen LogP contribution in [0, 0.1) is 0 Å². The Morgan fingerprint density at radius 3 is 2.74 bits per heavy atom. The van der Waals surface area contributed by atoms with Crippen LogP contribution in [0.5, 0.6) is 0 Å². The second kappa shape index (κ2) is 6.31. The topological polar surface area (TPSA) is 86.9 Å². The number of carbonyl (C=O) groups excluding carboxylic acids is 1. The van der Waals surface area contributed by atoms with Gasteiger partial charge in [0.1, 0.15) is 0 Å². The summed E-state index contributed by atoms with van der Waals surface area (Å²) in [6.45, 7) is 1.91. The molecule has 6 heteroatoms. The maximum absolute atomic E-state index is 12.1. The zero-order chi connectivity index (χ0) is 16.2. The number of aromatic amines is 1. The SMILES string of the molecule is C[C@@H](NC(=O)Nc1ccc2nc[nH]c(=O)c2c1)c1ccccc1. The first-order valence-corrected chi connectivity index (χ1v) is 7.23. The minimum atomic E-state index is -0.332. The van der Waals surface area contributed by atoms with Crippen molar-refractivity contribution < 1.29 is 4.79 Å². The van der Waals surface area contributed by atoms with E-state index in [0.29, 0.717) is 16.6 Å². The van der Waals surface area contributed by atoms with E-state index in [4.69, 9.17) is 0 Å². The Morgan fingerprint density at radius 2 is 1.96 bits per heavy atom. The van der Waals surface area contributed by atoms with Gasteiger partial charge in [0, 0.05) is 5.69 Å². The van der Waals surface area contributed by atoms with E-state index in [1.165, 1.54) is 6.33 Å². The zero-order valence-corrected chi connectivity index (χ0v) is 12.5. The summed E-state index contributed by atoms with van der Waals surface area (Å²) in [5, 5.41) is 6.02. The van der Waals surface area contributed by atoms with Crippen molar-refractivity contribution in [2.75, 3.05) is 5.32 Å². The lowest BCUT2D eigenvalue weighted by Gasteiger charge is -2.15. The van der Waals surface area contributed by atoms with Crippen LogP contribution in [0.15, 0.2) is 59.7 Å². The summed E-state index contributed by atoms with van der Waals surface area (Å²) in [5.74, 6) is 0. The number of fused-ring (bicyclic) bond motifs is 1. The lowest BCUT2D eigenvalue weighted by atomic mass is 10.1. The van der Waals surface area contributed by atoms with Crippen molar-refractivity contribution in [3.8, 4) is 0 Å². The normalized spacial score (nSPS) is 11.9. The molecule has 0 aliphatic rings. The third kappa shape index (κ3) is 3.37. The van der Waals surface area contributed by atoms with Gasteiger partial charge in [0.2, 0.25) is 0 Å². The van der Waals surface area contributed by atoms with Gasteiger partial charge in [-0.2, -0.15) is 0 Å². The quantitative estimate of drug-likeness (QED) is 0.695. The van der Waals surface area contributed by atoms with Crippen molar-refractivity contribution in [1.29, 1.82) is 0 Å². The first kappa shape index (κ1) is 14.8. The van der Waals surface area contributed by atoms with Gasteiger partial charge >= 0.3 is 6.03 Å². The molecule has 116 valence electrons. The molecular weight excluding hydrogens is 292 g/mol. The fourth-order valence-corrected chi connectivity index (χ4v) is 2.34. The van der Waals surface area contributed by atoms with E-state index in [2.05, 4.69) is 20.6 Å². The maximum Gasteiger partial charge on any atom is 0.319 e. The van der Waals surface area contributed by atoms with Crippen LogP contribution in [0.2, 0.25) is 0 Å². The molecule has 0 saturated carbocycles. The predicted octanol–water partition coefficient (Wildman–Crippen LogP) is 2.81. The number of H-pyrrole nitrogens is 1. The highest BCUT2D eigenvalue weighted by atomic mass is 16.2. The van der Waals surface area contributed by atoms with Crippen LogP contribution in [0.3, 0.4) is 0 Å². The largest absolute Gasteiger partial charge is 0.331 e. The van der Waals surface area contributed by atoms with Gasteiger partial charge in [0.25, 0.3) is 5.56 Å². The summed E-state index contributed by atoms with van der Waals surface area (Å²) in [6.07, 6.45) is 1.35. The summed E-state index contributed by atoms with van der Waals surface area (Å²) in [7, 11) is 0. The molecule has 1 atom stereocenters.